The molecule has 0 spiro atoms. The zero-order valence-electron chi connectivity index (χ0n) is 13.3. The molecule has 0 unspecified atom stereocenters. The van der Waals surface area contributed by atoms with Gasteiger partial charge in [-0.1, -0.05) is 6.07 Å². The highest BCUT2D eigenvalue weighted by Crippen LogP contribution is 2.33. The monoisotopic (exact) mass is 312 g/mol. The van der Waals surface area contributed by atoms with Crippen molar-refractivity contribution in [3.63, 3.8) is 0 Å². The van der Waals surface area contributed by atoms with E-state index in [9.17, 15) is 4.79 Å². The van der Waals surface area contributed by atoms with Crippen molar-refractivity contribution >= 4 is 17.3 Å². The van der Waals surface area contributed by atoms with Crippen LogP contribution in [0.5, 0.6) is 11.5 Å². The first-order valence-corrected chi connectivity index (χ1v) is 7.57. The lowest BCUT2D eigenvalue weighted by atomic mass is 9.99. The lowest BCUT2D eigenvalue weighted by Gasteiger charge is -2.30. The number of nitrogens with two attached hydrogens (primary N) is 1. The van der Waals surface area contributed by atoms with Gasteiger partial charge in [0.05, 0.1) is 14.2 Å². The van der Waals surface area contributed by atoms with Crippen LogP contribution in [0.1, 0.15) is 22.3 Å². The Bertz CT molecular complexity index is 743. The standard InChI is InChI=1S/C18H20N2O3/c1-22-16-9-8-12(11-17(16)23-2)18(21)20-10-4-5-13-14(19)6-3-7-15(13)20/h3,6-9,11H,4-5,10,19H2,1-2H3. The van der Waals surface area contributed by atoms with Crippen molar-refractivity contribution in [2.75, 3.05) is 31.4 Å². The van der Waals surface area contributed by atoms with Gasteiger partial charge in [0.2, 0.25) is 0 Å². The van der Waals surface area contributed by atoms with Crippen LogP contribution in [0.15, 0.2) is 36.4 Å². The summed E-state index contributed by atoms with van der Waals surface area (Å²) >= 11 is 0. The van der Waals surface area contributed by atoms with Crippen LogP contribution >= 0.6 is 0 Å². The number of methoxy groups -OCH3 is 2. The number of fused-ring (bicyclic) bond motifs is 1. The molecule has 0 saturated carbocycles. The van der Waals surface area contributed by atoms with E-state index in [1.807, 2.05) is 18.2 Å². The Morgan fingerprint density at radius 2 is 1.91 bits per heavy atom. The Hall–Kier alpha value is -2.69. The molecule has 2 N–H and O–H groups in total. The molecule has 0 aliphatic carbocycles. The van der Waals surface area contributed by atoms with Crippen molar-refractivity contribution in [3.05, 3.63) is 47.5 Å². The molecule has 2 aromatic carbocycles. The second kappa shape index (κ2) is 6.20. The summed E-state index contributed by atoms with van der Waals surface area (Å²) in [5.74, 6) is 1.09. The van der Waals surface area contributed by atoms with Gasteiger partial charge in [-0.3, -0.25) is 4.79 Å². The number of hydrogen-bond acceptors (Lipinski definition) is 4. The summed E-state index contributed by atoms with van der Waals surface area (Å²) in [4.78, 5) is 14.7. The SMILES string of the molecule is COc1ccc(C(=O)N2CCCc3c(N)cccc32)cc1OC. The first-order valence-electron chi connectivity index (χ1n) is 7.57. The van der Waals surface area contributed by atoms with Crippen LogP contribution in [0.25, 0.3) is 0 Å². The van der Waals surface area contributed by atoms with Crippen molar-refractivity contribution in [2.24, 2.45) is 0 Å². The van der Waals surface area contributed by atoms with E-state index >= 15 is 0 Å². The number of carbonyl (C=O) groups excluding carboxylic acids is 1. The van der Waals surface area contributed by atoms with Crippen molar-refractivity contribution < 1.29 is 14.3 Å². The minimum Gasteiger partial charge on any atom is -0.493 e. The zero-order valence-corrected chi connectivity index (χ0v) is 13.3. The van der Waals surface area contributed by atoms with E-state index in [-0.39, 0.29) is 5.91 Å². The summed E-state index contributed by atoms with van der Waals surface area (Å²) in [7, 11) is 3.13. The van der Waals surface area contributed by atoms with Gasteiger partial charge in [0.15, 0.2) is 11.5 Å². The van der Waals surface area contributed by atoms with Crippen LogP contribution in [0.2, 0.25) is 0 Å². The molecule has 1 aliphatic heterocycles. The van der Waals surface area contributed by atoms with Gasteiger partial charge in [-0.15, -0.1) is 0 Å². The average molecular weight is 312 g/mol. The topological polar surface area (TPSA) is 64.8 Å². The summed E-state index contributed by atoms with van der Waals surface area (Å²) in [5.41, 5.74) is 9.31. The first kappa shape index (κ1) is 15.2. The van der Waals surface area contributed by atoms with Crippen LogP contribution in [0.4, 0.5) is 11.4 Å². The molecule has 0 bridgehead atoms. The molecule has 120 valence electrons. The number of rotatable bonds is 3. The number of anilines is 2. The van der Waals surface area contributed by atoms with Gasteiger partial charge < -0.3 is 20.1 Å². The molecule has 2 aromatic rings. The molecule has 0 saturated heterocycles. The predicted octanol–water partition coefficient (Wildman–Crippen LogP) is 2.88. The molecule has 0 atom stereocenters. The van der Waals surface area contributed by atoms with E-state index in [0.29, 0.717) is 23.6 Å². The van der Waals surface area contributed by atoms with Crippen LogP contribution < -0.4 is 20.1 Å². The smallest absolute Gasteiger partial charge is 0.258 e. The molecule has 3 rings (SSSR count). The highest BCUT2D eigenvalue weighted by Gasteiger charge is 2.25. The fourth-order valence-corrected chi connectivity index (χ4v) is 2.99. The zero-order chi connectivity index (χ0) is 16.4. The highest BCUT2D eigenvalue weighted by molar-refractivity contribution is 6.07. The Balaban J connectivity index is 1.98. The molecular formula is C18H20N2O3. The quantitative estimate of drug-likeness (QED) is 0.885. The highest BCUT2D eigenvalue weighted by atomic mass is 16.5. The Kier molecular flexibility index (Phi) is 4.10. The van der Waals surface area contributed by atoms with Crippen LogP contribution in [-0.4, -0.2) is 26.7 Å². The van der Waals surface area contributed by atoms with Crippen LogP contribution in [0, 0.1) is 0 Å². The number of nitrogens with zero attached hydrogens (tertiary/aromatic N) is 1. The molecule has 1 aliphatic rings. The third-order valence-electron chi connectivity index (χ3n) is 4.16. The van der Waals surface area contributed by atoms with Crippen molar-refractivity contribution in [2.45, 2.75) is 12.8 Å². The molecule has 5 nitrogen and oxygen atoms in total. The molecular weight excluding hydrogens is 292 g/mol. The number of amides is 1. The fraction of sp³-hybridized carbons (Fsp3) is 0.278. The van der Waals surface area contributed by atoms with Crippen LogP contribution in [-0.2, 0) is 6.42 Å². The number of ether oxygens (including phenoxy) is 2. The van der Waals surface area contributed by atoms with Gasteiger partial charge in [-0.2, -0.15) is 0 Å². The third kappa shape index (κ3) is 2.70. The van der Waals surface area contributed by atoms with Gasteiger partial charge in [0.25, 0.3) is 5.91 Å². The molecule has 1 heterocycles. The van der Waals surface area contributed by atoms with Gasteiger partial charge in [-0.25, -0.2) is 0 Å². The number of carbonyl (C=O) groups is 1. The van der Waals surface area contributed by atoms with Gasteiger partial charge >= 0.3 is 0 Å². The van der Waals surface area contributed by atoms with E-state index in [4.69, 9.17) is 15.2 Å². The van der Waals surface area contributed by atoms with E-state index in [2.05, 4.69) is 0 Å². The summed E-state index contributed by atoms with van der Waals surface area (Å²) in [5, 5.41) is 0. The van der Waals surface area contributed by atoms with Gasteiger partial charge in [-0.05, 0) is 48.7 Å². The van der Waals surface area contributed by atoms with Gasteiger partial charge in [0, 0.05) is 23.5 Å². The van der Waals surface area contributed by atoms with Gasteiger partial charge in [0.1, 0.15) is 0 Å². The third-order valence-corrected chi connectivity index (χ3v) is 4.16. The molecule has 1 amide bonds. The maximum atomic E-state index is 12.9. The number of nitrogen functional groups attached to an aromatic ring is 1. The Labute approximate surface area is 135 Å². The predicted molar refractivity (Wildman–Crippen MR) is 90.4 cm³/mol. The normalized spacial score (nSPS) is 13.4. The minimum absolute atomic E-state index is 0.0579. The maximum absolute atomic E-state index is 12.9. The summed E-state index contributed by atoms with van der Waals surface area (Å²) in [6.45, 7) is 0.684. The molecule has 0 radical (unpaired) electrons. The van der Waals surface area contributed by atoms with Crippen molar-refractivity contribution in [1.29, 1.82) is 0 Å². The first-order chi connectivity index (χ1) is 11.2. The number of hydrogen-bond donors (Lipinski definition) is 1. The molecule has 23 heavy (non-hydrogen) atoms. The molecule has 0 fully saturated rings. The van der Waals surface area contributed by atoms with Crippen LogP contribution in [0.3, 0.4) is 0 Å². The van der Waals surface area contributed by atoms with E-state index in [0.717, 1.165) is 29.8 Å². The Morgan fingerprint density at radius 3 is 2.65 bits per heavy atom. The molecule has 0 aromatic heterocycles. The maximum Gasteiger partial charge on any atom is 0.258 e. The van der Waals surface area contributed by atoms with Crippen molar-refractivity contribution in [1.82, 2.24) is 0 Å². The minimum atomic E-state index is -0.0579. The lowest BCUT2D eigenvalue weighted by Crippen LogP contribution is -2.35. The largest absolute Gasteiger partial charge is 0.493 e. The second-order valence-corrected chi connectivity index (χ2v) is 5.48. The second-order valence-electron chi connectivity index (χ2n) is 5.48. The average Bonchev–Trinajstić information content (AvgIpc) is 2.60. The molecule has 5 heteroatoms. The summed E-state index contributed by atoms with van der Waals surface area (Å²) in [6, 6.07) is 10.9. The van der Waals surface area contributed by atoms with E-state index < -0.39 is 0 Å². The lowest BCUT2D eigenvalue weighted by molar-refractivity contribution is 0.0985. The number of benzene rings is 2. The van der Waals surface area contributed by atoms with Crippen molar-refractivity contribution in [3.8, 4) is 11.5 Å². The summed E-state index contributed by atoms with van der Waals surface area (Å²) in [6.07, 6.45) is 1.80. The fourth-order valence-electron chi connectivity index (χ4n) is 2.99. The van der Waals surface area contributed by atoms with E-state index in [1.54, 1.807) is 37.3 Å². The summed E-state index contributed by atoms with van der Waals surface area (Å²) < 4.78 is 10.5. The Morgan fingerprint density at radius 1 is 1.13 bits per heavy atom. The van der Waals surface area contributed by atoms with E-state index in [1.165, 1.54) is 0 Å².